The fraction of sp³-hybridized carbons (Fsp3) is 0.474. The number of hydrogen-bond donors (Lipinski definition) is 0. The largest absolute Gasteiger partial charge is 0.478 e. The van der Waals surface area contributed by atoms with Crippen LogP contribution in [-0.4, -0.2) is 53.9 Å². The van der Waals surface area contributed by atoms with E-state index in [2.05, 4.69) is 16.1 Å². The molecule has 25 heavy (non-hydrogen) atoms. The van der Waals surface area contributed by atoms with Crippen LogP contribution in [-0.2, 0) is 13.0 Å². The topological polar surface area (TPSA) is 50.6 Å². The average Bonchev–Trinajstić information content (AvgIpc) is 3.05. The molecule has 1 atom stereocenters. The summed E-state index contributed by atoms with van der Waals surface area (Å²) in [6.07, 6.45) is 2.89. The van der Waals surface area contributed by atoms with Crippen LogP contribution in [0.3, 0.4) is 0 Å². The molecule has 0 radical (unpaired) electrons. The van der Waals surface area contributed by atoms with Gasteiger partial charge in [-0.05, 0) is 38.6 Å². The molecule has 2 aliphatic rings. The molecule has 6 heteroatoms. The monoisotopic (exact) mass is 340 g/mol. The van der Waals surface area contributed by atoms with Crippen LogP contribution in [0.4, 0.5) is 5.69 Å². The first-order chi connectivity index (χ1) is 12.1. The van der Waals surface area contributed by atoms with E-state index >= 15 is 0 Å². The Kier molecular flexibility index (Phi) is 4.21. The average molecular weight is 340 g/mol. The Morgan fingerprint density at radius 2 is 2.20 bits per heavy atom. The number of aryl methyl sites for hydroxylation is 2. The molecule has 0 aliphatic carbocycles. The third-order valence-corrected chi connectivity index (χ3v) is 4.88. The number of hydrogen-bond acceptors (Lipinski definition) is 4. The Hall–Kier alpha value is -2.34. The van der Waals surface area contributed by atoms with Crippen LogP contribution < -0.4 is 9.64 Å². The Balaban J connectivity index is 1.71. The fourth-order valence-electron chi connectivity index (χ4n) is 3.77. The van der Waals surface area contributed by atoms with Crippen LogP contribution in [0.5, 0.6) is 5.88 Å². The third kappa shape index (κ3) is 3.02. The van der Waals surface area contributed by atoms with Gasteiger partial charge in [0, 0.05) is 31.3 Å². The molecule has 4 rings (SSSR count). The van der Waals surface area contributed by atoms with Gasteiger partial charge in [0.1, 0.15) is 0 Å². The van der Waals surface area contributed by atoms with Crippen molar-refractivity contribution in [1.82, 2.24) is 14.7 Å². The maximum atomic E-state index is 13.3. The van der Waals surface area contributed by atoms with Gasteiger partial charge in [0.2, 0.25) is 5.88 Å². The van der Waals surface area contributed by atoms with Crippen molar-refractivity contribution in [2.45, 2.75) is 31.8 Å². The maximum absolute atomic E-state index is 13.3. The highest BCUT2D eigenvalue weighted by atomic mass is 16.5. The Morgan fingerprint density at radius 1 is 1.36 bits per heavy atom. The highest BCUT2D eigenvalue weighted by molar-refractivity contribution is 6.06. The Morgan fingerprint density at radius 3 is 3.00 bits per heavy atom. The molecule has 0 spiro atoms. The number of carbonyl (C=O) groups is 1. The minimum Gasteiger partial charge on any atom is -0.478 e. The lowest BCUT2D eigenvalue weighted by atomic mass is 9.95. The first kappa shape index (κ1) is 16.1. The van der Waals surface area contributed by atoms with E-state index in [1.807, 2.05) is 37.2 Å². The van der Waals surface area contributed by atoms with Crippen molar-refractivity contribution in [3.8, 4) is 5.88 Å². The number of aromatic nitrogens is 2. The van der Waals surface area contributed by atoms with E-state index in [9.17, 15) is 4.79 Å². The Bertz CT molecular complexity index is 760. The summed E-state index contributed by atoms with van der Waals surface area (Å²) in [5.41, 5.74) is 2.71. The van der Waals surface area contributed by atoms with Crippen LogP contribution in [0.1, 0.15) is 28.9 Å². The molecule has 0 saturated heterocycles. The van der Waals surface area contributed by atoms with Gasteiger partial charge >= 0.3 is 0 Å². The number of fused-ring (bicyclic) bond motifs is 2. The van der Waals surface area contributed by atoms with E-state index in [-0.39, 0.29) is 11.9 Å². The van der Waals surface area contributed by atoms with E-state index in [0.717, 1.165) is 38.0 Å². The van der Waals surface area contributed by atoms with Crippen LogP contribution in [0, 0.1) is 0 Å². The molecule has 0 bridgehead atoms. The second-order valence-electron chi connectivity index (χ2n) is 7.05. The van der Waals surface area contributed by atoms with E-state index in [1.165, 1.54) is 5.56 Å². The first-order valence-corrected chi connectivity index (χ1v) is 8.90. The number of anilines is 1. The van der Waals surface area contributed by atoms with Gasteiger partial charge in [-0.2, -0.15) is 5.10 Å². The standard InChI is InChI=1S/C19H24N4O2/c1-21(2)13-15-9-8-14-6-3-4-7-17(14)23(15)19(24)16-12-18-22(20-16)10-5-11-25-18/h3-4,6-7,12,15H,5,8-11,13H2,1-2H3. The number of nitrogens with zero attached hydrogens (tertiary/aromatic N) is 4. The van der Waals surface area contributed by atoms with Crippen LogP contribution in [0.15, 0.2) is 30.3 Å². The SMILES string of the molecule is CN(C)CC1CCc2ccccc2N1C(=O)c1cc2n(n1)CCCO2. The fourth-order valence-corrected chi connectivity index (χ4v) is 3.77. The zero-order valence-corrected chi connectivity index (χ0v) is 14.8. The molecule has 132 valence electrons. The summed E-state index contributed by atoms with van der Waals surface area (Å²) in [5.74, 6) is 0.661. The number of benzene rings is 1. The second-order valence-corrected chi connectivity index (χ2v) is 7.05. The van der Waals surface area contributed by atoms with E-state index < -0.39 is 0 Å². The summed E-state index contributed by atoms with van der Waals surface area (Å²) in [7, 11) is 4.10. The molecule has 0 saturated carbocycles. The molecule has 1 aromatic carbocycles. The second kappa shape index (κ2) is 6.52. The summed E-state index contributed by atoms with van der Waals surface area (Å²) in [4.78, 5) is 17.4. The molecular weight excluding hydrogens is 316 g/mol. The first-order valence-electron chi connectivity index (χ1n) is 8.90. The lowest BCUT2D eigenvalue weighted by Gasteiger charge is -2.38. The van der Waals surface area contributed by atoms with E-state index in [1.54, 1.807) is 10.7 Å². The Labute approximate surface area is 148 Å². The van der Waals surface area contributed by atoms with E-state index in [4.69, 9.17) is 4.74 Å². The molecule has 1 aromatic heterocycles. The molecule has 6 nitrogen and oxygen atoms in total. The van der Waals surface area contributed by atoms with Gasteiger partial charge in [0.25, 0.3) is 5.91 Å². The van der Waals surface area contributed by atoms with Crippen molar-refractivity contribution in [2.75, 3.05) is 32.1 Å². The van der Waals surface area contributed by atoms with Gasteiger partial charge in [0.05, 0.1) is 12.6 Å². The number of amides is 1. The summed E-state index contributed by atoms with van der Waals surface area (Å²) >= 11 is 0. The predicted octanol–water partition coefficient (Wildman–Crippen LogP) is 2.19. The van der Waals surface area contributed by atoms with Gasteiger partial charge < -0.3 is 14.5 Å². The lowest BCUT2D eigenvalue weighted by molar-refractivity contribution is 0.0962. The zero-order chi connectivity index (χ0) is 17.4. The number of ether oxygens (including phenoxy) is 1. The highest BCUT2D eigenvalue weighted by Gasteiger charge is 2.33. The third-order valence-electron chi connectivity index (χ3n) is 4.88. The van der Waals surface area contributed by atoms with Gasteiger partial charge in [0.15, 0.2) is 5.69 Å². The lowest BCUT2D eigenvalue weighted by Crippen LogP contribution is -2.48. The smallest absolute Gasteiger partial charge is 0.279 e. The van der Waals surface area contributed by atoms with Gasteiger partial charge in [-0.3, -0.25) is 4.79 Å². The molecule has 0 fully saturated rings. The van der Waals surface area contributed by atoms with Crippen molar-refractivity contribution in [2.24, 2.45) is 0 Å². The molecule has 2 aromatic rings. The van der Waals surface area contributed by atoms with Crippen molar-refractivity contribution in [3.63, 3.8) is 0 Å². The molecule has 3 heterocycles. The molecule has 0 N–H and O–H groups in total. The zero-order valence-electron chi connectivity index (χ0n) is 14.8. The van der Waals surface area contributed by atoms with Crippen molar-refractivity contribution >= 4 is 11.6 Å². The molecule has 2 aliphatic heterocycles. The van der Waals surface area contributed by atoms with Crippen molar-refractivity contribution in [3.05, 3.63) is 41.6 Å². The van der Waals surface area contributed by atoms with Crippen LogP contribution in [0.25, 0.3) is 0 Å². The number of likely N-dealkylation sites (N-methyl/N-ethyl adjacent to an activating group) is 1. The number of para-hydroxylation sites is 1. The number of carbonyl (C=O) groups excluding carboxylic acids is 1. The van der Waals surface area contributed by atoms with Crippen molar-refractivity contribution in [1.29, 1.82) is 0 Å². The maximum Gasteiger partial charge on any atom is 0.279 e. The van der Waals surface area contributed by atoms with Gasteiger partial charge in [-0.15, -0.1) is 0 Å². The summed E-state index contributed by atoms with van der Waals surface area (Å²) in [6, 6.07) is 10.1. The van der Waals surface area contributed by atoms with Crippen LogP contribution >= 0.6 is 0 Å². The molecular formula is C19H24N4O2. The van der Waals surface area contributed by atoms with Crippen LogP contribution in [0.2, 0.25) is 0 Å². The number of rotatable bonds is 3. The van der Waals surface area contributed by atoms with Gasteiger partial charge in [-0.25, -0.2) is 4.68 Å². The minimum atomic E-state index is -0.0375. The molecule has 1 unspecified atom stereocenters. The highest BCUT2D eigenvalue weighted by Crippen LogP contribution is 2.32. The minimum absolute atomic E-state index is 0.0375. The van der Waals surface area contributed by atoms with E-state index in [0.29, 0.717) is 18.2 Å². The normalized spacial score (nSPS) is 19.3. The summed E-state index contributed by atoms with van der Waals surface area (Å²) in [6.45, 7) is 2.33. The summed E-state index contributed by atoms with van der Waals surface area (Å²) in [5, 5.41) is 4.50. The molecule has 1 amide bonds. The summed E-state index contributed by atoms with van der Waals surface area (Å²) < 4.78 is 7.42. The van der Waals surface area contributed by atoms with Crippen molar-refractivity contribution < 1.29 is 9.53 Å². The predicted molar refractivity (Wildman–Crippen MR) is 96.3 cm³/mol. The quantitative estimate of drug-likeness (QED) is 0.859. The van der Waals surface area contributed by atoms with Gasteiger partial charge in [-0.1, -0.05) is 18.2 Å².